The normalized spacial score (nSPS) is 20.1. The van der Waals surface area contributed by atoms with Gasteiger partial charge in [-0.1, -0.05) is 42.8 Å². The van der Waals surface area contributed by atoms with Crippen LogP contribution in [0.5, 0.6) is 5.75 Å². The van der Waals surface area contributed by atoms with Gasteiger partial charge in [-0.05, 0) is 66.5 Å². The van der Waals surface area contributed by atoms with Gasteiger partial charge in [0.1, 0.15) is 16.9 Å². The summed E-state index contributed by atoms with van der Waals surface area (Å²) in [6.45, 7) is 2.26. The molecule has 0 radical (unpaired) electrons. The zero-order valence-corrected chi connectivity index (χ0v) is 18.2. The molecular formula is C24H23ClN2O2S. The molecule has 0 fully saturated rings. The zero-order valence-electron chi connectivity index (χ0n) is 16.7. The van der Waals surface area contributed by atoms with Gasteiger partial charge < -0.3 is 15.7 Å². The molecule has 1 aliphatic heterocycles. The Morgan fingerprint density at radius 3 is 2.87 bits per heavy atom. The topological polar surface area (TPSA) is 61.4 Å². The summed E-state index contributed by atoms with van der Waals surface area (Å²) in [5.41, 5.74) is 4.72. The van der Waals surface area contributed by atoms with E-state index in [0.717, 1.165) is 46.0 Å². The monoisotopic (exact) mass is 438 g/mol. The first kappa shape index (κ1) is 19.5. The number of carbonyl (C=O) groups is 1. The summed E-state index contributed by atoms with van der Waals surface area (Å²) in [5.74, 6) is 0.757. The van der Waals surface area contributed by atoms with Crippen molar-refractivity contribution in [2.24, 2.45) is 5.92 Å². The zero-order chi connectivity index (χ0) is 20.8. The van der Waals surface area contributed by atoms with Crippen LogP contribution in [0.3, 0.4) is 0 Å². The number of phenolic OH excluding ortho intramolecular Hbond substituents is 1. The molecule has 2 aliphatic rings. The summed E-state index contributed by atoms with van der Waals surface area (Å²) in [6.07, 6.45) is 3.31. The number of rotatable bonds is 3. The second kappa shape index (κ2) is 7.64. The van der Waals surface area contributed by atoms with Gasteiger partial charge in [-0.3, -0.25) is 4.79 Å². The number of thiophene rings is 1. The number of benzene rings is 2. The number of hydrogen-bond acceptors (Lipinski definition) is 4. The average molecular weight is 439 g/mol. The Morgan fingerprint density at radius 1 is 1.20 bits per heavy atom. The molecule has 4 nitrogen and oxygen atoms in total. The second-order valence-corrected chi connectivity index (χ2v) is 9.78. The van der Waals surface area contributed by atoms with E-state index >= 15 is 0 Å². The highest BCUT2D eigenvalue weighted by atomic mass is 35.5. The van der Waals surface area contributed by atoms with Gasteiger partial charge in [-0.2, -0.15) is 0 Å². The van der Waals surface area contributed by atoms with Gasteiger partial charge >= 0.3 is 0 Å². The van der Waals surface area contributed by atoms with Crippen molar-refractivity contribution in [2.45, 2.75) is 38.8 Å². The lowest BCUT2D eigenvalue weighted by molar-refractivity contribution is 0.0935. The minimum absolute atomic E-state index is 0.0586. The molecule has 5 rings (SSSR count). The molecule has 2 heterocycles. The first-order chi connectivity index (χ1) is 14.5. The average Bonchev–Trinajstić information content (AvgIpc) is 3.08. The highest BCUT2D eigenvalue weighted by Gasteiger charge is 2.33. The van der Waals surface area contributed by atoms with Crippen molar-refractivity contribution in [1.82, 2.24) is 5.32 Å². The molecule has 0 unspecified atom stereocenters. The van der Waals surface area contributed by atoms with E-state index in [9.17, 15) is 9.90 Å². The fourth-order valence-electron chi connectivity index (χ4n) is 4.43. The molecule has 0 bridgehead atoms. The molecule has 0 saturated carbocycles. The first-order valence-corrected chi connectivity index (χ1v) is 11.5. The summed E-state index contributed by atoms with van der Waals surface area (Å²) in [7, 11) is 0. The van der Waals surface area contributed by atoms with Crippen LogP contribution in [0.4, 0.5) is 5.00 Å². The highest BCUT2D eigenvalue weighted by molar-refractivity contribution is 7.16. The van der Waals surface area contributed by atoms with E-state index in [1.54, 1.807) is 17.4 Å². The lowest BCUT2D eigenvalue weighted by atomic mass is 9.88. The van der Waals surface area contributed by atoms with Crippen molar-refractivity contribution in [1.29, 1.82) is 0 Å². The standard InChI is InChI=1S/C24H23ClN2O2S/c1-13-6-8-16-20(10-13)30-24-21(16)23(29)26-22(27-24)17-12-14(7-9-19(17)28)11-15-4-2-3-5-18(15)25/h2-5,7,9,12-13,22,27-28H,6,8,10-11H2,1H3,(H,26,29)/t13-,22+/m1/s1. The van der Waals surface area contributed by atoms with Gasteiger partial charge in [0, 0.05) is 15.5 Å². The number of hydrogen-bond donors (Lipinski definition) is 3. The smallest absolute Gasteiger partial charge is 0.256 e. The molecular weight excluding hydrogens is 416 g/mol. The Morgan fingerprint density at radius 2 is 2.03 bits per heavy atom. The Bertz CT molecular complexity index is 1140. The van der Waals surface area contributed by atoms with Crippen LogP contribution in [0.2, 0.25) is 5.02 Å². The predicted octanol–water partition coefficient (Wildman–Crippen LogP) is 5.68. The number of anilines is 1. The molecule has 3 N–H and O–H groups in total. The summed E-state index contributed by atoms with van der Waals surface area (Å²) >= 11 is 8.00. The molecule has 154 valence electrons. The minimum Gasteiger partial charge on any atom is -0.508 e. The van der Waals surface area contributed by atoms with Crippen LogP contribution in [0.1, 0.15) is 57.0 Å². The Labute approximate surface area is 184 Å². The third-order valence-electron chi connectivity index (χ3n) is 6.04. The van der Waals surface area contributed by atoms with Crippen LogP contribution in [-0.4, -0.2) is 11.0 Å². The molecule has 30 heavy (non-hydrogen) atoms. The molecule has 1 aromatic heterocycles. The van der Waals surface area contributed by atoms with Crippen molar-refractivity contribution >= 4 is 33.8 Å². The van der Waals surface area contributed by atoms with E-state index in [1.807, 2.05) is 36.4 Å². The molecule has 1 aliphatic carbocycles. The maximum Gasteiger partial charge on any atom is 0.256 e. The number of amides is 1. The summed E-state index contributed by atoms with van der Waals surface area (Å²) < 4.78 is 0. The molecule has 0 saturated heterocycles. The van der Waals surface area contributed by atoms with Gasteiger partial charge in [0.15, 0.2) is 0 Å². The summed E-state index contributed by atoms with van der Waals surface area (Å²) in [6, 6.07) is 13.3. The molecule has 3 aromatic rings. The fourth-order valence-corrected chi connectivity index (χ4v) is 6.06. The fraction of sp³-hybridized carbons (Fsp3) is 0.292. The van der Waals surface area contributed by atoms with Crippen molar-refractivity contribution in [3.63, 3.8) is 0 Å². The second-order valence-electron chi connectivity index (χ2n) is 8.27. The SMILES string of the molecule is C[C@@H]1CCc2c(sc3c2C(=O)N[C@H](c2cc(Cc4ccccc4Cl)ccc2O)N3)C1. The maximum absolute atomic E-state index is 13.0. The minimum atomic E-state index is -0.464. The van der Waals surface area contributed by atoms with E-state index in [-0.39, 0.29) is 11.7 Å². The molecule has 0 spiro atoms. The largest absolute Gasteiger partial charge is 0.508 e. The van der Waals surface area contributed by atoms with Crippen LogP contribution < -0.4 is 10.6 Å². The van der Waals surface area contributed by atoms with Crippen LogP contribution >= 0.6 is 22.9 Å². The number of fused-ring (bicyclic) bond motifs is 3. The van der Waals surface area contributed by atoms with Crippen LogP contribution in [0, 0.1) is 5.92 Å². The lowest BCUT2D eigenvalue weighted by Gasteiger charge is -2.28. The molecule has 2 atom stereocenters. The van der Waals surface area contributed by atoms with Gasteiger partial charge in [-0.15, -0.1) is 11.3 Å². The third kappa shape index (κ3) is 3.46. The van der Waals surface area contributed by atoms with E-state index < -0.39 is 6.17 Å². The molecule has 1 amide bonds. The quantitative estimate of drug-likeness (QED) is 0.493. The van der Waals surface area contributed by atoms with Crippen LogP contribution in [0.25, 0.3) is 0 Å². The lowest BCUT2D eigenvalue weighted by Crippen LogP contribution is -2.38. The van der Waals surface area contributed by atoms with Crippen molar-refractivity contribution in [3.05, 3.63) is 80.2 Å². The van der Waals surface area contributed by atoms with Crippen LogP contribution in [0.15, 0.2) is 42.5 Å². The Balaban J connectivity index is 1.45. The van der Waals surface area contributed by atoms with E-state index in [2.05, 4.69) is 17.6 Å². The molecule has 2 aromatic carbocycles. The summed E-state index contributed by atoms with van der Waals surface area (Å²) in [5, 5.41) is 18.7. The predicted molar refractivity (Wildman–Crippen MR) is 122 cm³/mol. The van der Waals surface area contributed by atoms with Gasteiger partial charge in [0.25, 0.3) is 5.91 Å². The third-order valence-corrected chi connectivity index (χ3v) is 7.60. The van der Waals surface area contributed by atoms with E-state index in [1.165, 1.54) is 10.4 Å². The number of nitrogens with one attached hydrogen (secondary N) is 2. The number of carbonyl (C=O) groups excluding carboxylic acids is 1. The maximum atomic E-state index is 13.0. The molecule has 6 heteroatoms. The van der Waals surface area contributed by atoms with E-state index in [0.29, 0.717) is 17.9 Å². The summed E-state index contributed by atoms with van der Waals surface area (Å²) in [4.78, 5) is 14.3. The van der Waals surface area contributed by atoms with Gasteiger partial charge in [-0.25, -0.2) is 0 Å². The number of aromatic hydroxyl groups is 1. The first-order valence-electron chi connectivity index (χ1n) is 10.3. The van der Waals surface area contributed by atoms with Gasteiger partial charge in [0.2, 0.25) is 0 Å². The van der Waals surface area contributed by atoms with Crippen molar-refractivity contribution in [3.8, 4) is 5.75 Å². The van der Waals surface area contributed by atoms with Crippen LogP contribution in [-0.2, 0) is 19.3 Å². The highest BCUT2D eigenvalue weighted by Crippen LogP contribution is 2.43. The number of halogens is 1. The van der Waals surface area contributed by atoms with E-state index in [4.69, 9.17) is 11.6 Å². The van der Waals surface area contributed by atoms with Crippen molar-refractivity contribution < 1.29 is 9.90 Å². The van der Waals surface area contributed by atoms with Crippen molar-refractivity contribution in [2.75, 3.05) is 5.32 Å². The Kier molecular flexibility index (Phi) is 4.95. The Hall–Kier alpha value is -2.50. The van der Waals surface area contributed by atoms with Gasteiger partial charge in [0.05, 0.1) is 5.56 Å². The number of phenols is 1.